The Labute approximate surface area is 192 Å². The number of nitrogens with zero attached hydrogens (tertiary/aromatic N) is 4. The van der Waals surface area contributed by atoms with E-state index in [0.717, 1.165) is 36.5 Å². The third kappa shape index (κ3) is 4.49. The Bertz CT molecular complexity index is 1130. The summed E-state index contributed by atoms with van der Waals surface area (Å²) < 4.78 is 15.7. The Morgan fingerprint density at radius 1 is 1.33 bits per heavy atom. The molecule has 0 aliphatic carbocycles. The van der Waals surface area contributed by atoms with Gasteiger partial charge >= 0.3 is 6.03 Å². The van der Waals surface area contributed by atoms with Crippen LogP contribution in [0, 0.1) is 11.3 Å². The van der Waals surface area contributed by atoms with Crippen LogP contribution in [0.15, 0.2) is 30.6 Å². The number of hydrogen-bond donors (Lipinski definition) is 2. The van der Waals surface area contributed by atoms with Gasteiger partial charge in [-0.3, -0.25) is 14.8 Å². The van der Waals surface area contributed by atoms with Crippen LogP contribution >= 0.6 is 0 Å². The van der Waals surface area contributed by atoms with Crippen molar-refractivity contribution in [2.24, 2.45) is 5.92 Å². The van der Waals surface area contributed by atoms with Crippen molar-refractivity contribution >= 4 is 23.4 Å². The van der Waals surface area contributed by atoms with E-state index in [2.05, 4.69) is 10.3 Å². The maximum Gasteiger partial charge on any atom is 0.327 e. The number of pyridine rings is 2. The summed E-state index contributed by atoms with van der Waals surface area (Å²) in [6.07, 6.45) is 5.20. The van der Waals surface area contributed by atoms with Crippen LogP contribution in [0.5, 0.6) is 0 Å². The lowest BCUT2D eigenvalue weighted by molar-refractivity contribution is 0.0191. The largest absolute Gasteiger partial charge is 0.338 e. The number of piperidine rings is 1. The van der Waals surface area contributed by atoms with E-state index in [4.69, 9.17) is 5.41 Å². The fourth-order valence-electron chi connectivity index (χ4n) is 4.48. The van der Waals surface area contributed by atoms with Crippen molar-refractivity contribution in [3.8, 4) is 0 Å². The first-order chi connectivity index (χ1) is 15.7. The SMILES string of the molecule is CCNC(=O)n1ccc(N2CCCc3cc(C(=O)N4CCC(C)(F)C(C)C4)cnc32)cc1=N. The lowest BCUT2D eigenvalue weighted by atomic mass is 9.85. The molecule has 2 amide bonds. The Morgan fingerprint density at radius 3 is 2.82 bits per heavy atom. The Kier molecular flexibility index (Phi) is 6.23. The van der Waals surface area contributed by atoms with Crippen molar-refractivity contribution in [1.82, 2.24) is 19.8 Å². The zero-order chi connectivity index (χ0) is 23.8. The average Bonchev–Trinajstić information content (AvgIpc) is 2.79. The van der Waals surface area contributed by atoms with E-state index in [1.807, 2.05) is 24.8 Å². The molecule has 4 heterocycles. The molecule has 9 heteroatoms. The number of amides is 2. The molecule has 0 spiro atoms. The molecule has 8 nitrogen and oxygen atoms in total. The summed E-state index contributed by atoms with van der Waals surface area (Å²) in [5, 5.41) is 10.9. The van der Waals surface area contributed by atoms with Crippen LogP contribution in [-0.2, 0) is 6.42 Å². The van der Waals surface area contributed by atoms with Crippen LogP contribution in [0.4, 0.5) is 20.7 Å². The Hall–Kier alpha value is -3.23. The van der Waals surface area contributed by atoms with Gasteiger partial charge in [-0.25, -0.2) is 14.2 Å². The fourth-order valence-corrected chi connectivity index (χ4v) is 4.48. The first kappa shape index (κ1) is 22.9. The number of likely N-dealkylation sites (tertiary alicyclic amines) is 1. The van der Waals surface area contributed by atoms with E-state index in [9.17, 15) is 14.0 Å². The summed E-state index contributed by atoms with van der Waals surface area (Å²) in [5.41, 5.74) is 1.11. The van der Waals surface area contributed by atoms with Crippen LogP contribution in [0.3, 0.4) is 0 Å². The van der Waals surface area contributed by atoms with Crippen molar-refractivity contribution in [1.29, 1.82) is 5.41 Å². The summed E-state index contributed by atoms with van der Waals surface area (Å²) in [6, 6.07) is 5.00. The van der Waals surface area contributed by atoms with Crippen LogP contribution < -0.4 is 15.7 Å². The number of carbonyl (C=O) groups is 2. The predicted molar refractivity (Wildman–Crippen MR) is 124 cm³/mol. The number of halogens is 1. The lowest BCUT2D eigenvalue weighted by Crippen LogP contribution is -2.48. The quantitative estimate of drug-likeness (QED) is 0.745. The van der Waals surface area contributed by atoms with Crippen molar-refractivity contribution in [3.05, 3.63) is 47.2 Å². The van der Waals surface area contributed by atoms with Crippen molar-refractivity contribution < 1.29 is 14.0 Å². The maximum absolute atomic E-state index is 14.5. The number of rotatable bonds is 3. The van der Waals surface area contributed by atoms with E-state index in [0.29, 0.717) is 31.6 Å². The molecule has 0 saturated carbocycles. The summed E-state index contributed by atoms with van der Waals surface area (Å²) in [6.45, 7) is 7.31. The molecule has 2 aromatic heterocycles. The minimum absolute atomic E-state index is 0.0800. The fraction of sp³-hybridized carbons (Fsp3) is 0.500. The van der Waals surface area contributed by atoms with Gasteiger partial charge in [0.2, 0.25) is 0 Å². The highest BCUT2D eigenvalue weighted by atomic mass is 19.1. The molecule has 1 saturated heterocycles. The minimum atomic E-state index is -1.24. The number of alkyl halides is 1. The van der Waals surface area contributed by atoms with Gasteiger partial charge in [-0.2, -0.15) is 0 Å². The van der Waals surface area contributed by atoms with Gasteiger partial charge in [0.1, 0.15) is 17.0 Å². The van der Waals surface area contributed by atoms with Crippen LogP contribution in [0.2, 0.25) is 0 Å². The molecule has 1 fully saturated rings. The van der Waals surface area contributed by atoms with E-state index in [1.165, 1.54) is 4.57 Å². The summed E-state index contributed by atoms with van der Waals surface area (Å²) in [4.78, 5) is 33.5. The maximum atomic E-state index is 14.5. The molecule has 2 unspecified atom stereocenters. The Morgan fingerprint density at radius 2 is 2.12 bits per heavy atom. The van der Waals surface area contributed by atoms with Gasteiger partial charge in [0.05, 0.1) is 5.56 Å². The lowest BCUT2D eigenvalue weighted by Gasteiger charge is -2.39. The minimum Gasteiger partial charge on any atom is -0.338 e. The summed E-state index contributed by atoms with van der Waals surface area (Å²) >= 11 is 0. The molecular formula is C24H31FN6O2. The molecule has 2 aliphatic heterocycles. The molecule has 2 N–H and O–H groups in total. The van der Waals surface area contributed by atoms with E-state index >= 15 is 0 Å². The molecule has 0 radical (unpaired) electrons. The second-order valence-corrected chi connectivity index (χ2v) is 9.12. The van der Waals surface area contributed by atoms with Crippen LogP contribution in [-0.4, -0.2) is 58.2 Å². The number of hydrogen-bond acceptors (Lipinski definition) is 5. The molecule has 0 aromatic carbocycles. The molecule has 4 rings (SSSR count). The van der Waals surface area contributed by atoms with Crippen LogP contribution in [0.1, 0.15) is 49.5 Å². The standard InChI is InChI=1S/C24H31FN6O2/c1-4-27-23(33)31-10-7-19(13-20(31)26)30-9-5-6-17-12-18(14-28-21(17)30)22(32)29-11-8-24(3,25)16(2)15-29/h7,10,12-14,16,26H,4-6,8-9,11,15H2,1-3H3,(H,27,33). The molecule has 2 aliphatic rings. The third-order valence-electron chi connectivity index (χ3n) is 6.75. The first-order valence-corrected chi connectivity index (χ1v) is 11.5. The number of nitrogens with one attached hydrogen (secondary N) is 2. The number of anilines is 2. The molecule has 2 aromatic rings. The number of aromatic nitrogens is 2. The molecule has 0 bridgehead atoms. The summed E-state index contributed by atoms with van der Waals surface area (Å²) in [7, 11) is 0. The topological polar surface area (TPSA) is 94.3 Å². The molecule has 176 valence electrons. The van der Waals surface area contributed by atoms with E-state index < -0.39 is 5.67 Å². The number of carbonyl (C=O) groups excluding carboxylic acids is 2. The third-order valence-corrected chi connectivity index (χ3v) is 6.75. The zero-order valence-electron chi connectivity index (χ0n) is 19.4. The number of fused-ring (bicyclic) bond motifs is 1. The molecule has 33 heavy (non-hydrogen) atoms. The van der Waals surface area contributed by atoms with Crippen LogP contribution in [0.25, 0.3) is 0 Å². The van der Waals surface area contributed by atoms with Crippen molar-refractivity contribution in [2.75, 3.05) is 31.1 Å². The van der Waals surface area contributed by atoms with Gasteiger partial charge in [-0.1, -0.05) is 6.92 Å². The summed E-state index contributed by atoms with van der Waals surface area (Å²) in [5.74, 6) is 0.438. The van der Waals surface area contributed by atoms with Gasteiger partial charge in [0.15, 0.2) is 0 Å². The van der Waals surface area contributed by atoms with E-state index in [1.54, 1.807) is 36.4 Å². The monoisotopic (exact) mass is 454 g/mol. The highest BCUT2D eigenvalue weighted by molar-refractivity contribution is 5.94. The first-order valence-electron chi connectivity index (χ1n) is 11.5. The van der Waals surface area contributed by atoms with Crippen molar-refractivity contribution in [2.45, 2.75) is 45.7 Å². The second kappa shape index (κ2) is 8.96. The van der Waals surface area contributed by atoms with Crippen molar-refractivity contribution in [3.63, 3.8) is 0 Å². The van der Waals surface area contributed by atoms with Gasteiger partial charge in [0, 0.05) is 56.2 Å². The molecule has 2 atom stereocenters. The molecular weight excluding hydrogens is 423 g/mol. The number of aryl methyl sites for hydroxylation is 1. The highest BCUT2D eigenvalue weighted by Crippen LogP contribution is 2.34. The normalized spacial score (nSPS) is 22.6. The average molecular weight is 455 g/mol. The van der Waals surface area contributed by atoms with Gasteiger partial charge in [-0.05, 0) is 50.8 Å². The van der Waals surface area contributed by atoms with Gasteiger partial charge < -0.3 is 15.1 Å². The van der Waals surface area contributed by atoms with Gasteiger partial charge in [0.25, 0.3) is 5.91 Å². The zero-order valence-corrected chi connectivity index (χ0v) is 19.4. The predicted octanol–water partition coefficient (Wildman–Crippen LogP) is 3.23. The van der Waals surface area contributed by atoms with Gasteiger partial charge in [-0.15, -0.1) is 0 Å². The Balaban J connectivity index is 1.57. The second-order valence-electron chi connectivity index (χ2n) is 9.12. The van der Waals surface area contributed by atoms with E-state index in [-0.39, 0.29) is 23.3 Å². The smallest absolute Gasteiger partial charge is 0.327 e. The highest BCUT2D eigenvalue weighted by Gasteiger charge is 2.38.